The van der Waals surface area contributed by atoms with Crippen LogP contribution in [0.4, 0.5) is 0 Å². The number of likely N-dealkylation sites (N-methyl/N-ethyl adjacent to an activating group) is 1. The highest BCUT2D eigenvalue weighted by atomic mass is 35.5. The molecule has 2 aromatic carbocycles. The fourth-order valence-electron chi connectivity index (χ4n) is 2.37. The van der Waals surface area contributed by atoms with Crippen LogP contribution < -0.4 is 5.73 Å². The number of hydrogen-bond donors (Lipinski definition) is 1. The van der Waals surface area contributed by atoms with E-state index in [1.807, 2.05) is 43.4 Å². The lowest BCUT2D eigenvalue weighted by Crippen LogP contribution is -2.30. The highest BCUT2D eigenvalue weighted by Crippen LogP contribution is 2.27. The highest BCUT2D eigenvalue weighted by molar-refractivity contribution is 6.34. The van der Waals surface area contributed by atoms with Gasteiger partial charge in [0.2, 0.25) is 0 Å². The summed E-state index contributed by atoms with van der Waals surface area (Å²) < 4.78 is 0. The minimum absolute atomic E-state index is 0.0418. The molecule has 0 bridgehead atoms. The summed E-state index contributed by atoms with van der Waals surface area (Å²) >= 11 is 18.2. The zero-order valence-corrected chi connectivity index (χ0v) is 14.0. The number of nitrogens with zero attached hydrogens (tertiary/aromatic N) is 1. The average molecular weight is 344 g/mol. The Bertz CT molecular complexity index is 596. The van der Waals surface area contributed by atoms with Crippen molar-refractivity contribution in [3.63, 3.8) is 0 Å². The molecule has 0 fully saturated rings. The number of halogens is 3. The number of nitrogens with two attached hydrogens (primary N) is 1. The smallest absolute Gasteiger partial charge is 0.0472 e. The second-order valence-corrected chi connectivity index (χ2v) is 6.31. The predicted molar refractivity (Wildman–Crippen MR) is 91.2 cm³/mol. The first kappa shape index (κ1) is 16.6. The zero-order chi connectivity index (χ0) is 15.4. The maximum atomic E-state index is 6.08. The molecule has 2 N–H and O–H groups in total. The Morgan fingerprint density at radius 3 is 2.24 bits per heavy atom. The average Bonchev–Trinajstić information content (AvgIpc) is 2.38. The summed E-state index contributed by atoms with van der Waals surface area (Å²) in [5.41, 5.74) is 8.08. The molecule has 1 unspecified atom stereocenters. The Morgan fingerprint density at radius 2 is 1.67 bits per heavy atom. The van der Waals surface area contributed by atoms with Gasteiger partial charge in [0, 0.05) is 34.2 Å². The molecule has 112 valence electrons. The van der Waals surface area contributed by atoms with Crippen LogP contribution in [-0.2, 0) is 6.54 Å². The molecule has 0 spiro atoms. The normalized spacial score (nSPS) is 12.7. The van der Waals surface area contributed by atoms with E-state index in [2.05, 4.69) is 4.90 Å². The van der Waals surface area contributed by atoms with Crippen LogP contribution in [0.5, 0.6) is 0 Å². The number of benzene rings is 2. The minimum Gasteiger partial charge on any atom is -0.329 e. The van der Waals surface area contributed by atoms with Gasteiger partial charge >= 0.3 is 0 Å². The largest absolute Gasteiger partial charge is 0.329 e. The number of hydrogen-bond acceptors (Lipinski definition) is 2. The van der Waals surface area contributed by atoms with Crippen LogP contribution in [-0.4, -0.2) is 18.5 Å². The third-order valence-electron chi connectivity index (χ3n) is 3.35. The van der Waals surface area contributed by atoms with E-state index in [0.29, 0.717) is 16.6 Å². The van der Waals surface area contributed by atoms with Crippen molar-refractivity contribution < 1.29 is 0 Å². The Labute approximate surface area is 140 Å². The standard InChI is InChI=1S/C16H17Cl3N2/c1-21(10-11-3-2-4-13(17)5-11)16(9-20)12-6-14(18)8-15(19)7-12/h2-8,16H,9-10,20H2,1H3. The van der Waals surface area contributed by atoms with Crippen molar-refractivity contribution >= 4 is 34.8 Å². The lowest BCUT2D eigenvalue weighted by Gasteiger charge is -2.27. The van der Waals surface area contributed by atoms with E-state index in [9.17, 15) is 0 Å². The first-order chi connectivity index (χ1) is 9.99. The Hall–Kier alpha value is -0.770. The predicted octanol–water partition coefficient (Wildman–Crippen LogP) is 4.78. The summed E-state index contributed by atoms with van der Waals surface area (Å²) in [7, 11) is 2.02. The van der Waals surface area contributed by atoms with Crippen LogP contribution in [0.1, 0.15) is 17.2 Å². The van der Waals surface area contributed by atoms with Gasteiger partial charge in [-0.05, 0) is 48.5 Å². The van der Waals surface area contributed by atoms with E-state index < -0.39 is 0 Å². The van der Waals surface area contributed by atoms with Crippen LogP contribution in [0.3, 0.4) is 0 Å². The SMILES string of the molecule is CN(Cc1cccc(Cl)c1)C(CN)c1cc(Cl)cc(Cl)c1. The van der Waals surface area contributed by atoms with E-state index in [0.717, 1.165) is 22.7 Å². The van der Waals surface area contributed by atoms with Crippen LogP contribution in [0.2, 0.25) is 15.1 Å². The molecular weight excluding hydrogens is 327 g/mol. The molecule has 2 aromatic rings. The van der Waals surface area contributed by atoms with Gasteiger partial charge < -0.3 is 5.73 Å². The molecular formula is C16H17Cl3N2. The van der Waals surface area contributed by atoms with Gasteiger partial charge in [0.1, 0.15) is 0 Å². The minimum atomic E-state index is 0.0418. The molecule has 5 heteroatoms. The fraction of sp³-hybridized carbons (Fsp3) is 0.250. The molecule has 0 saturated heterocycles. The maximum Gasteiger partial charge on any atom is 0.0472 e. The van der Waals surface area contributed by atoms with Crippen molar-refractivity contribution in [2.24, 2.45) is 5.73 Å². The van der Waals surface area contributed by atoms with Gasteiger partial charge in [0.05, 0.1) is 0 Å². The highest BCUT2D eigenvalue weighted by Gasteiger charge is 2.17. The third kappa shape index (κ3) is 4.60. The Balaban J connectivity index is 2.20. The van der Waals surface area contributed by atoms with Gasteiger partial charge in [0.15, 0.2) is 0 Å². The summed E-state index contributed by atoms with van der Waals surface area (Å²) in [6, 6.07) is 13.4. The quantitative estimate of drug-likeness (QED) is 0.846. The Morgan fingerprint density at radius 1 is 1.00 bits per heavy atom. The lowest BCUT2D eigenvalue weighted by atomic mass is 10.0. The van der Waals surface area contributed by atoms with E-state index in [4.69, 9.17) is 40.5 Å². The first-order valence-corrected chi connectivity index (χ1v) is 7.73. The molecule has 0 radical (unpaired) electrons. The monoisotopic (exact) mass is 342 g/mol. The van der Waals surface area contributed by atoms with Gasteiger partial charge in [0.25, 0.3) is 0 Å². The lowest BCUT2D eigenvalue weighted by molar-refractivity contribution is 0.242. The van der Waals surface area contributed by atoms with Crippen LogP contribution in [0.25, 0.3) is 0 Å². The summed E-state index contributed by atoms with van der Waals surface area (Å²) in [5, 5.41) is 1.97. The summed E-state index contributed by atoms with van der Waals surface area (Å²) in [5.74, 6) is 0. The molecule has 0 heterocycles. The second kappa shape index (κ2) is 7.48. The molecule has 0 saturated carbocycles. The van der Waals surface area contributed by atoms with Crippen molar-refractivity contribution in [3.05, 3.63) is 68.7 Å². The van der Waals surface area contributed by atoms with Crippen molar-refractivity contribution in [3.8, 4) is 0 Å². The summed E-state index contributed by atoms with van der Waals surface area (Å²) in [6.45, 7) is 1.22. The van der Waals surface area contributed by atoms with Crippen molar-refractivity contribution in [1.82, 2.24) is 4.90 Å². The van der Waals surface area contributed by atoms with Gasteiger partial charge in [-0.2, -0.15) is 0 Å². The van der Waals surface area contributed by atoms with Crippen molar-refractivity contribution in [1.29, 1.82) is 0 Å². The van der Waals surface area contributed by atoms with Gasteiger partial charge in [-0.1, -0.05) is 46.9 Å². The van der Waals surface area contributed by atoms with Crippen molar-refractivity contribution in [2.75, 3.05) is 13.6 Å². The van der Waals surface area contributed by atoms with E-state index in [-0.39, 0.29) is 6.04 Å². The van der Waals surface area contributed by atoms with E-state index in [1.54, 1.807) is 6.07 Å². The molecule has 0 aliphatic rings. The van der Waals surface area contributed by atoms with E-state index in [1.165, 1.54) is 0 Å². The molecule has 21 heavy (non-hydrogen) atoms. The second-order valence-electron chi connectivity index (χ2n) is 5.00. The van der Waals surface area contributed by atoms with Gasteiger partial charge in [-0.25, -0.2) is 0 Å². The fourth-order valence-corrected chi connectivity index (χ4v) is 3.13. The van der Waals surface area contributed by atoms with Gasteiger partial charge in [-0.15, -0.1) is 0 Å². The maximum absolute atomic E-state index is 6.08. The topological polar surface area (TPSA) is 29.3 Å². The number of rotatable bonds is 5. The molecule has 0 aromatic heterocycles. The van der Waals surface area contributed by atoms with Crippen LogP contribution in [0.15, 0.2) is 42.5 Å². The molecule has 0 aliphatic heterocycles. The molecule has 1 atom stereocenters. The molecule has 0 aliphatic carbocycles. The molecule has 0 amide bonds. The van der Waals surface area contributed by atoms with E-state index >= 15 is 0 Å². The first-order valence-electron chi connectivity index (χ1n) is 6.60. The molecule has 2 nitrogen and oxygen atoms in total. The summed E-state index contributed by atoms with van der Waals surface area (Å²) in [6.07, 6.45) is 0. The summed E-state index contributed by atoms with van der Waals surface area (Å²) in [4.78, 5) is 2.16. The van der Waals surface area contributed by atoms with Gasteiger partial charge in [-0.3, -0.25) is 4.90 Å². The Kier molecular flexibility index (Phi) is 5.91. The van der Waals surface area contributed by atoms with Crippen LogP contribution in [0, 0.1) is 0 Å². The van der Waals surface area contributed by atoms with Crippen molar-refractivity contribution in [2.45, 2.75) is 12.6 Å². The molecule has 2 rings (SSSR count). The third-order valence-corrected chi connectivity index (χ3v) is 4.02. The zero-order valence-electron chi connectivity index (χ0n) is 11.7. The van der Waals surface area contributed by atoms with Crippen LogP contribution >= 0.6 is 34.8 Å².